The Morgan fingerprint density at radius 2 is 1.97 bits per heavy atom. The van der Waals surface area contributed by atoms with Crippen LogP contribution in [0.25, 0.3) is 11.3 Å². The lowest BCUT2D eigenvalue weighted by Gasteiger charge is -2.27. The van der Waals surface area contributed by atoms with Gasteiger partial charge < -0.3 is 10.0 Å². The minimum absolute atomic E-state index is 0.0744. The molecule has 0 radical (unpaired) electrons. The Hall–Kier alpha value is -3.41. The van der Waals surface area contributed by atoms with Crippen molar-refractivity contribution in [3.63, 3.8) is 0 Å². The molecule has 0 aliphatic carbocycles. The van der Waals surface area contributed by atoms with Crippen molar-refractivity contribution >= 4 is 11.5 Å². The first kappa shape index (κ1) is 18.9. The summed E-state index contributed by atoms with van der Waals surface area (Å²) in [6.07, 6.45) is 7.91. The van der Waals surface area contributed by atoms with Gasteiger partial charge in [-0.2, -0.15) is 5.10 Å². The third-order valence-corrected chi connectivity index (χ3v) is 5.19. The lowest BCUT2D eigenvalue weighted by molar-refractivity contribution is 0.0765. The summed E-state index contributed by atoms with van der Waals surface area (Å²) in [5.41, 5.74) is 4.17. The highest BCUT2D eigenvalue weighted by Gasteiger charge is 2.25. The molecule has 1 N–H and O–H groups in total. The first-order chi connectivity index (χ1) is 14.0. The van der Waals surface area contributed by atoms with Crippen LogP contribution in [0.3, 0.4) is 0 Å². The molecule has 0 saturated carbocycles. The molecule has 0 atom stereocenters. The molecule has 1 amide bonds. The summed E-state index contributed by atoms with van der Waals surface area (Å²) in [6, 6.07) is 11.8. The van der Waals surface area contributed by atoms with Crippen molar-refractivity contribution in [2.45, 2.75) is 26.2 Å². The lowest BCUT2D eigenvalue weighted by Crippen LogP contribution is -2.35. The standard InChI is InChI=1S/C23H24N4O2/c1-16(2)17-7-9-20(10-8-17)27-15-21(28)22(25-27)23(29)26-12-4-6-19(14-26)18-5-3-11-24-13-18/h3,5-11,13,15-16,28H,4,12,14H2,1-2H3. The number of carbonyl (C=O) groups excluding carboxylic acids is 1. The molecule has 4 rings (SSSR count). The molecule has 0 fully saturated rings. The van der Waals surface area contributed by atoms with E-state index in [1.165, 1.54) is 11.8 Å². The van der Waals surface area contributed by atoms with E-state index in [9.17, 15) is 9.90 Å². The molecule has 148 valence electrons. The number of hydrogen-bond acceptors (Lipinski definition) is 4. The largest absolute Gasteiger partial charge is 0.504 e. The minimum Gasteiger partial charge on any atom is -0.504 e. The predicted octanol–water partition coefficient (Wildman–Crippen LogP) is 4.03. The van der Waals surface area contributed by atoms with Crippen LogP contribution in [0.2, 0.25) is 0 Å². The van der Waals surface area contributed by atoms with E-state index in [0.717, 1.165) is 23.2 Å². The fourth-order valence-electron chi connectivity index (χ4n) is 3.49. The van der Waals surface area contributed by atoms with Gasteiger partial charge in [-0.15, -0.1) is 0 Å². The van der Waals surface area contributed by atoms with Crippen molar-refractivity contribution in [3.8, 4) is 11.4 Å². The van der Waals surface area contributed by atoms with Crippen LogP contribution >= 0.6 is 0 Å². The molecule has 0 bridgehead atoms. The average molecular weight is 388 g/mol. The third-order valence-electron chi connectivity index (χ3n) is 5.19. The zero-order valence-corrected chi connectivity index (χ0v) is 16.6. The van der Waals surface area contributed by atoms with Crippen molar-refractivity contribution in [3.05, 3.63) is 77.9 Å². The zero-order valence-electron chi connectivity index (χ0n) is 16.6. The zero-order chi connectivity index (χ0) is 20.4. The second kappa shape index (κ2) is 7.91. The van der Waals surface area contributed by atoms with Gasteiger partial charge in [0.25, 0.3) is 5.91 Å². The summed E-state index contributed by atoms with van der Waals surface area (Å²) in [6.45, 7) is 5.34. The maximum Gasteiger partial charge on any atom is 0.278 e. The van der Waals surface area contributed by atoms with Gasteiger partial charge in [-0.1, -0.05) is 38.1 Å². The molecule has 1 aromatic carbocycles. The summed E-state index contributed by atoms with van der Waals surface area (Å²) in [7, 11) is 0. The van der Waals surface area contributed by atoms with Gasteiger partial charge in [0.2, 0.25) is 0 Å². The van der Waals surface area contributed by atoms with E-state index in [1.807, 2.05) is 36.4 Å². The van der Waals surface area contributed by atoms with Gasteiger partial charge in [0.1, 0.15) is 0 Å². The molecule has 0 saturated heterocycles. The van der Waals surface area contributed by atoms with Gasteiger partial charge in [-0.3, -0.25) is 9.78 Å². The Morgan fingerprint density at radius 3 is 2.66 bits per heavy atom. The second-order valence-electron chi connectivity index (χ2n) is 7.54. The van der Waals surface area contributed by atoms with E-state index < -0.39 is 0 Å². The van der Waals surface area contributed by atoms with E-state index in [-0.39, 0.29) is 17.4 Å². The molecule has 1 aliphatic rings. The number of rotatable bonds is 4. The van der Waals surface area contributed by atoms with Crippen LogP contribution < -0.4 is 0 Å². The van der Waals surface area contributed by atoms with Crippen LogP contribution in [0, 0.1) is 0 Å². The van der Waals surface area contributed by atoms with Crippen LogP contribution in [0.15, 0.2) is 61.1 Å². The van der Waals surface area contributed by atoms with Crippen molar-refractivity contribution in [2.24, 2.45) is 0 Å². The van der Waals surface area contributed by atoms with Gasteiger partial charge in [-0.05, 0) is 47.2 Å². The molecule has 0 spiro atoms. The molecule has 6 nitrogen and oxygen atoms in total. The smallest absolute Gasteiger partial charge is 0.278 e. The molecule has 2 aromatic heterocycles. The second-order valence-corrected chi connectivity index (χ2v) is 7.54. The minimum atomic E-state index is -0.269. The van der Waals surface area contributed by atoms with Gasteiger partial charge in [0.15, 0.2) is 11.4 Å². The molecule has 3 aromatic rings. The highest BCUT2D eigenvalue weighted by molar-refractivity contribution is 5.96. The van der Waals surface area contributed by atoms with Crippen molar-refractivity contribution in [1.29, 1.82) is 0 Å². The maximum absolute atomic E-state index is 13.0. The Labute approximate surface area is 170 Å². The molecular weight excluding hydrogens is 364 g/mol. The molecular formula is C23H24N4O2. The summed E-state index contributed by atoms with van der Waals surface area (Å²) >= 11 is 0. The van der Waals surface area contributed by atoms with E-state index in [1.54, 1.807) is 22.0 Å². The number of aromatic hydroxyl groups is 1. The van der Waals surface area contributed by atoms with Crippen LogP contribution in [0.5, 0.6) is 5.75 Å². The molecule has 29 heavy (non-hydrogen) atoms. The topological polar surface area (TPSA) is 71.2 Å². The SMILES string of the molecule is CC(C)c1ccc(-n2cc(O)c(C(=O)N3CCC=C(c4cccnc4)C3)n2)cc1. The van der Waals surface area contributed by atoms with E-state index in [0.29, 0.717) is 19.0 Å². The third kappa shape index (κ3) is 3.92. The summed E-state index contributed by atoms with van der Waals surface area (Å²) in [4.78, 5) is 18.9. The van der Waals surface area contributed by atoms with Crippen molar-refractivity contribution in [1.82, 2.24) is 19.7 Å². The Kier molecular flexibility index (Phi) is 5.16. The number of pyridine rings is 1. The average Bonchev–Trinajstić information content (AvgIpc) is 3.15. The van der Waals surface area contributed by atoms with Gasteiger partial charge in [0, 0.05) is 25.5 Å². The van der Waals surface area contributed by atoms with Crippen LogP contribution in [-0.4, -0.2) is 43.8 Å². The number of hydrogen-bond donors (Lipinski definition) is 1. The Morgan fingerprint density at radius 1 is 1.17 bits per heavy atom. The van der Waals surface area contributed by atoms with Gasteiger partial charge in [0.05, 0.1) is 11.9 Å². The van der Waals surface area contributed by atoms with Crippen molar-refractivity contribution < 1.29 is 9.90 Å². The summed E-state index contributed by atoms with van der Waals surface area (Å²) < 4.78 is 1.55. The number of aromatic nitrogens is 3. The number of amides is 1. The first-order valence-corrected chi connectivity index (χ1v) is 9.80. The number of carbonyl (C=O) groups is 1. The summed E-state index contributed by atoms with van der Waals surface area (Å²) in [5, 5.41) is 14.7. The fraction of sp³-hybridized carbons (Fsp3) is 0.261. The molecule has 0 unspecified atom stereocenters. The van der Waals surface area contributed by atoms with Crippen LogP contribution in [0.1, 0.15) is 47.8 Å². The van der Waals surface area contributed by atoms with E-state index in [4.69, 9.17) is 0 Å². The lowest BCUT2D eigenvalue weighted by atomic mass is 10.0. The highest BCUT2D eigenvalue weighted by Crippen LogP contribution is 2.25. The van der Waals surface area contributed by atoms with Crippen LogP contribution in [-0.2, 0) is 0 Å². The maximum atomic E-state index is 13.0. The summed E-state index contributed by atoms with van der Waals surface area (Å²) in [5.74, 6) is 0.0586. The van der Waals surface area contributed by atoms with Crippen LogP contribution in [0.4, 0.5) is 0 Å². The van der Waals surface area contributed by atoms with E-state index in [2.05, 4.69) is 30.0 Å². The van der Waals surface area contributed by atoms with E-state index >= 15 is 0 Å². The number of benzene rings is 1. The quantitative estimate of drug-likeness (QED) is 0.733. The first-order valence-electron chi connectivity index (χ1n) is 9.80. The fourth-order valence-corrected chi connectivity index (χ4v) is 3.49. The highest BCUT2D eigenvalue weighted by atomic mass is 16.3. The number of nitrogens with zero attached hydrogens (tertiary/aromatic N) is 4. The van der Waals surface area contributed by atoms with Crippen molar-refractivity contribution in [2.75, 3.05) is 13.1 Å². The monoisotopic (exact) mass is 388 g/mol. The molecule has 6 heteroatoms. The Balaban J connectivity index is 1.54. The molecule has 3 heterocycles. The van der Waals surface area contributed by atoms with Gasteiger partial charge >= 0.3 is 0 Å². The molecule has 1 aliphatic heterocycles. The normalized spacial score (nSPS) is 14.2. The van der Waals surface area contributed by atoms with Gasteiger partial charge in [-0.25, -0.2) is 4.68 Å². The predicted molar refractivity (Wildman–Crippen MR) is 112 cm³/mol. The Bertz CT molecular complexity index is 1040.